The van der Waals surface area contributed by atoms with Crippen LogP contribution in [0.3, 0.4) is 0 Å². The van der Waals surface area contributed by atoms with E-state index in [0.29, 0.717) is 24.7 Å². The highest BCUT2D eigenvalue weighted by Crippen LogP contribution is 2.25. The van der Waals surface area contributed by atoms with Gasteiger partial charge in [-0.25, -0.2) is 0 Å². The van der Waals surface area contributed by atoms with Crippen molar-refractivity contribution in [1.82, 2.24) is 24.9 Å². The number of nitrogens with one attached hydrogen (secondary N) is 1. The minimum absolute atomic E-state index is 0.0998. The molecule has 2 aromatic rings. The molecule has 1 N–H and O–H groups in total. The van der Waals surface area contributed by atoms with Crippen molar-refractivity contribution in [2.75, 3.05) is 32.7 Å². The van der Waals surface area contributed by atoms with Crippen molar-refractivity contribution in [1.29, 1.82) is 0 Å². The molecule has 0 spiro atoms. The van der Waals surface area contributed by atoms with Crippen LogP contribution in [0, 0.1) is 5.92 Å². The van der Waals surface area contributed by atoms with Gasteiger partial charge in [-0.2, -0.15) is 5.10 Å². The van der Waals surface area contributed by atoms with Crippen molar-refractivity contribution in [3.63, 3.8) is 0 Å². The maximum Gasteiger partial charge on any atom is 0.275 e. The Labute approximate surface area is 184 Å². The van der Waals surface area contributed by atoms with Gasteiger partial charge in [0, 0.05) is 56.9 Å². The summed E-state index contributed by atoms with van der Waals surface area (Å²) >= 11 is 0. The van der Waals surface area contributed by atoms with Crippen molar-refractivity contribution in [3.05, 3.63) is 52.8 Å². The molecule has 0 unspecified atom stereocenters. The van der Waals surface area contributed by atoms with Crippen molar-refractivity contribution < 1.29 is 9.59 Å². The molecule has 7 heteroatoms. The molecule has 166 valence electrons. The highest BCUT2D eigenvalue weighted by molar-refractivity contribution is 5.97. The Morgan fingerprint density at radius 2 is 1.97 bits per heavy atom. The van der Waals surface area contributed by atoms with E-state index in [1.54, 1.807) is 4.90 Å². The van der Waals surface area contributed by atoms with Gasteiger partial charge in [0.15, 0.2) is 5.69 Å². The van der Waals surface area contributed by atoms with Crippen molar-refractivity contribution in [2.45, 2.75) is 46.2 Å². The molecule has 0 saturated carbocycles. The number of hydrogen-bond acceptors (Lipinski definition) is 4. The van der Waals surface area contributed by atoms with E-state index in [1.807, 2.05) is 6.07 Å². The lowest BCUT2D eigenvalue weighted by atomic mass is 10.0. The predicted molar refractivity (Wildman–Crippen MR) is 120 cm³/mol. The summed E-state index contributed by atoms with van der Waals surface area (Å²) in [5, 5.41) is 7.60. The Kier molecular flexibility index (Phi) is 6.70. The van der Waals surface area contributed by atoms with Crippen LogP contribution in [0.5, 0.6) is 0 Å². The predicted octanol–water partition coefficient (Wildman–Crippen LogP) is 2.10. The maximum atomic E-state index is 13.3. The molecule has 2 aliphatic heterocycles. The average Bonchev–Trinajstić information content (AvgIpc) is 3.11. The zero-order chi connectivity index (χ0) is 21.8. The normalized spacial score (nSPS) is 17.0. The van der Waals surface area contributed by atoms with Crippen LogP contribution in [-0.4, -0.2) is 64.1 Å². The van der Waals surface area contributed by atoms with Gasteiger partial charge in [0.05, 0.1) is 6.54 Å². The van der Waals surface area contributed by atoms with Crippen LogP contribution in [0.4, 0.5) is 0 Å². The highest BCUT2D eigenvalue weighted by Gasteiger charge is 2.32. The number of benzene rings is 1. The van der Waals surface area contributed by atoms with E-state index < -0.39 is 0 Å². The fourth-order valence-corrected chi connectivity index (χ4v) is 4.62. The van der Waals surface area contributed by atoms with Crippen LogP contribution < -0.4 is 5.32 Å². The number of nitrogens with zero attached hydrogens (tertiary/aromatic N) is 4. The number of aromatic nitrogens is 2. The van der Waals surface area contributed by atoms with Crippen LogP contribution in [0.1, 0.15) is 47.6 Å². The molecule has 1 fully saturated rings. The van der Waals surface area contributed by atoms with E-state index in [0.717, 1.165) is 51.0 Å². The number of fused-ring (bicyclic) bond motifs is 1. The van der Waals surface area contributed by atoms with Crippen LogP contribution in [0.15, 0.2) is 30.3 Å². The summed E-state index contributed by atoms with van der Waals surface area (Å²) in [6.07, 6.45) is 2.88. The first-order valence-corrected chi connectivity index (χ1v) is 11.4. The lowest BCUT2D eigenvalue weighted by molar-refractivity contribution is -0.123. The summed E-state index contributed by atoms with van der Waals surface area (Å²) in [4.78, 5) is 29.2. The van der Waals surface area contributed by atoms with Crippen LogP contribution in [0.25, 0.3) is 0 Å². The smallest absolute Gasteiger partial charge is 0.275 e. The van der Waals surface area contributed by atoms with Crippen molar-refractivity contribution >= 4 is 11.8 Å². The fourth-order valence-electron chi connectivity index (χ4n) is 4.62. The number of rotatable bonds is 7. The van der Waals surface area contributed by atoms with Gasteiger partial charge in [-0.3, -0.25) is 19.2 Å². The van der Waals surface area contributed by atoms with Gasteiger partial charge < -0.3 is 10.2 Å². The molecule has 31 heavy (non-hydrogen) atoms. The van der Waals surface area contributed by atoms with Gasteiger partial charge in [0.1, 0.15) is 0 Å². The molecule has 1 saturated heterocycles. The lowest BCUT2D eigenvalue weighted by Crippen LogP contribution is -2.50. The molecule has 1 aromatic carbocycles. The second kappa shape index (κ2) is 9.64. The molecule has 1 aromatic heterocycles. The molecule has 3 heterocycles. The number of aryl methyl sites for hydroxylation is 2. The Morgan fingerprint density at radius 1 is 1.16 bits per heavy atom. The van der Waals surface area contributed by atoms with Gasteiger partial charge in [-0.15, -0.1) is 0 Å². The molecule has 0 atom stereocenters. The van der Waals surface area contributed by atoms with E-state index in [2.05, 4.69) is 53.0 Å². The number of carbonyl (C=O) groups is 2. The monoisotopic (exact) mass is 423 g/mol. The van der Waals surface area contributed by atoms with E-state index in [1.165, 1.54) is 11.3 Å². The molecule has 2 amide bonds. The van der Waals surface area contributed by atoms with Gasteiger partial charge in [0.2, 0.25) is 5.91 Å². The SMILES string of the molecule is CC(C)CN1CCc2c(c(C(=O)N3CCNC(=O)C3)nn2CCCc2ccccc2)C1. The summed E-state index contributed by atoms with van der Waals surface area (Å²) in [5.74, 6) is 0.365. The van der Waals surface area contributed by atoms with Crippen LogP contribution in [-0.2, 0) is 30.7 Å². The Bertz CT molecular complexity index is 922. The Hall–Kier alpha value is -2.67. The summed E-state index contributed by atoms with van der Waals surface area (Å²) in [5.41, 5.74) is 4.11. The second-order valence-corrected chi connectivity index (χ2v) is 9.04. The minimum atomic E-state index is -0.112. The fraction of sp³-hybridized carbons (Fsp3) is 0.542. The zero-order valence-electron chi connectivity index (χ0n) is 18.6. The largest absolute Gasteiger partial charge is 0.353 e. The van der Waals surface area contributed by atoms with Crippen molar-refractivity contribution in [2.24, 2.45) is 5.92 Å². The quantitative estimate of drug-likeness (QED) is 0.741. The summed E-state index contributed by atoms with van der Waals surface area (Å²) < 4.78 is 2.06. The second-order valence-electron chi connectivity index (χ2n) is 9.04. The third-order valence-corrected chi connectivity index (χ3v) is 6.04. The first-order chi connectivity index (χ1) is 15.0. The molecule has 7 nitrogen and oxygen atoms in total. The minimum Gasteiger partial charge on any atom is -0.353 e. The topological polar surface area (TPSA) is 70.5 Å². The third kappa shape index (κ3) is 5.15. The molecule has 0 bridgehead atoms. The Balaban J connectivity index is 1.54. The summed E-state index contributed by atoms with van der Waals surface area (Å²) in [6, 6.07) is 10.5. The van der Waals surface area contributed by atoms with Crippen LogP contribution >= 0.6 is 0 Å². The van der Waals surface area contributed by atoms with E-state index in [-0.39, 0.29) is 18.4 Å². The average molecular weight is 424 g/mol. The molecule has 0 aliphatic carbocycles. The van der Waals surface area contributed by atoms with Gasteiger partial charge >= 0.3 is 0 Å². The molecular weight excluding hydrogens is 390 g/mol. The lowest BCUT2D eigenvalue weighted by Gasteiger charge is -2.30. The molecule has 2 aliphatic rings. The highest BCUT2D eigenvalue weighted by atomic mass is 16.2. The third-order valence-electron chi connectivity index (χ3n) is 6.04. The first kappa shape index (κ1) is 21.6. The molecule has 4 rings (SSSR count). The number of carbonyl (C=O) groups excluding carboxylic acids is 2. The van der Waals surface area contributed by atoms with Gasteiger partial charge in [-0.05, 0) is 24.3 Å². The molecule has 0 radical (unpaired) electrons. The van der Waals surface area contributed by atoms with Crippen molar-refractivity contribution in [3.8, 4) is 0 Å². The van der Waals surface area contributed by atoms with Gasteiger partial charge in [-0.1, -0.05) is 44.2 Å². The number of hydrogen-bond donors (Lipinski definition) is 1. The Morgan fingerprint density at radius 3 is 2.71 bits per heavy atom. The number of piperazine rings is 1. The van der Waals surface area contributed by atoms with E-state index in [4.69, 9.17) is 5.10 Å². The standard InChI is InChI=1S/C24H33N5O2/c1-18(2)15-27-13-10-21-20(16-27)23(24(31)28-14-11-25-22(30)17-28)26-29(21)12-6-9-19-7-4-3-5-8-19/h3-5,7-8,18H,6,9-17H2,1-2H3,(H,25,30). The maximum absolute atomic E-state index is 13.3. The molecular formula is C24H33N5O2. The van der Waals surface area contributed by atoms with E-state index in [9.17, 15) is 9.59 Å². The first-order valence-electron chi connectivity index (χ1n) is 11.4. The van der Waals surface area contributed by atoms with E-state index >= 15 is 0 Å². The van der Waals surface area contributed by atoms with Gasteiger partial charge in [0.25, 0.3) is 5.91 Å². The zero-order valence-corrected chi connectivity index (χ0v) is 18.6. The number of amides is 2. The summed E-state index contributed by atoms with van der Waals surface area (Å²) in [7, 11) is 0. The van der Waals surface area contributed by atoms with Crippen LogP contribution in [0.2, 0.25) is 0 Å². The summed E-state index contributed by atoms with van der Waals surface area (Å²) in [6.45, 7) is 9.17.